The molecule has 3 aliphatic rings. The number of Topliss-reactive ketones (excluding diaryl/α,β-unsaturated/α-hetero) is 1. The van der Waals surface area contributed by atoms with Gasteiger partial charge in [-0.25, -0.2) is 14.6 Å². The summed E-state index contributed by atoms with van der Waals surface area (Å²) in [7, 11) is -0.0958. The molecule has 1 spiro atoms. The topological polar surface area (TPSA) is 235 Å². The first kappa shape index (κ1) is 46.1. The number of hydrogen-bond acceptors (Lipinski definition) is 10. The Morgan fingerprint density at radius 3 is 2.11 bits per heavy atom. The number of H-pyrrole nitrogens is 1. The van der Waals surface area contributed by atoms with Crippen LogP contribution in [-0.2, 0) is 19.1 Å². The van der Waals surface area contributed by atoms with Crippen molar-refractivity contribution in [1.29, 1.82) is 0 Å². The van der Waals surface area contributed by atoms with Crippen LogP contribution >= 0.6 is 10.6 Å². The molecule has 18 heteroatoms. The quantitative estimate of drug-likeness (QED) is 0.111. The first-order chi connectivity index (χ1) is 29.3. The van der Waals surface area contributed by atoms with Crippen LogP contribution in [0.3, 0.4) is 0 Å². The smallest absolute Gasteiger partial charge is 0.407 e. The fourth-order valence-electron chi connectivity index (χ4n) is 8.98. The minimum absolute atomic E-state index is 0.182. The van der Waals surface area contributed by atoms with E-state index in [0.717, 1.165) is 33.7 Å². The maximum Gasteiger partial charge on any atom is 0.407 e. The van der Waals surface area contributed by atoms with Gasteiger partial charge in [0, 0.05) is 37.2 Å². The van der Waals surface area contributed by atoms with E-state index >= 15 is 0 Å². The monoisotopic (exact) mass is 877 g/mol. The van der Waals surface area contributed by atoms with E-state index in [0.29, 0.717) is 43.6 Å². The van der Waals surface area contributed by atoms with Crippen molar-refractivity contribution in [2.45, 2.75) is 84.0 Å². The van der Waals surface area contributed by atoms with E-state index < -0.39 is 58.1 Å². The molecular weight excluding hydrogens is 819 g/mol. The van der Waals surface area contributed by atoms with E-state index in [2.05, 4.69) is 20.6 Å². The Kier molecular flexibility index (Phi) is 14.0. The third-order valence-electron chi connectivity index (χ3n) is 12.6. The molecule has 1 aromatic heterocycles. The highest BCUT2D eigenvalue weighted by molar-refractivity contribution is 8.24. The third kappa shape index (κ3) is 10.1. The van der Waals surface area contributed by atoms with E-state index in [1.807, 2.05) is 50.2 Å². The number of nitrogens with one attached hydrogen (secondary N) is 3. The van der Waals surface area contributed by atoms with Crippen LogP contribution in [0.5, 0.6) is 0 Å². The van der Waals surface area contributed by atoms with Gasteiger partial charge in [0.15, 0.2) is 5.78 Å². The molecule has 1 unspecified atom stereocenters. The molecule has 4 atom stereocenters. The Labute approximate surface area is 363 Å². The number of aromatic nitrogens is 2. The van der Waals surface area contributed by atoms with Crippen LogP contribution in [0.2, 0.25) is 0 Å². The number of hydrogen-bond donors (Lipinski definition) is 6. The lowest BCUT2D eigenvalue weighted by Gasteiger charge is -2.44. The van der Waals surface area contributed by atoms with Crippen LogP contribution in [-0.4, -0.2) is 138 Å². The summed E-state index contributed by atoms with van der Waals surface area (Å²) < 4.78 is 25.3. The second-order valence-electron chi connectivity index (χ2n) is 17.5. The second kappa shape index (κ2) is 18.9. The Hall–Kier alpha value is -5.46. The fourth-order valence-corrected chi connectivity index (χ4v) is 10.7. The number of ketones is 1. The number of methoxy groups -OCH3 is 1. The number of benzene rings is 2. The zero-order valence-corrected chi connectivity index (χ0v) is 36.9. The van der Waals surface area contributed by atoms with Crippen molar-refractivity contribution in [2.75, 3.05) is 45.3 Å². The van der Waals surface area contributed by atoms with Gasteiger partial charge in [-0.3, -0.25) is 33.2 Å². The highest BCUT2D eigenvalue weighted by Crippen LogP contribution is 2.54. The Morgan fingerprint density at radius 1 is 0.919 bits per heavy atom. The van der Waals surface area contributed by atoms with Gasteiger partial charge in [-0.1, -0.05) is 76.2 Å². The van der Waals surface area contributed by atoms with Crippen LogP contribution < -0.4 is 10.6 Å². The molecule has 4 heterocycles. The summed E-state index contributed by atoms with van der Waals surface area (Å²) in [6.45, 7) is 7.65. The number of nitrogens with zero attached hydrogens (tertiary/aromatic N) is 4. The highest BCUT2D eigenvalue weighted by atomic mass is 32.3. The number of likely N-dealkylation sites (tertiary alicyclic amines) is 2. The zero-order valence-electron chi connectivity index (χ0n) is 36.1. The number of carbonyl (C=O) groups excluding carboxylic acids is 5. The Balaban J connectivity index is 1.08. The van der Waals surface area contributed by atoms with Crippen molar-refractivity contribution in [3.63, 3.8) is 0 Å². The van der Waals surface area contributed by atoms with Gasteiger partial charge in [-0.15, -0.1) is 0 Å². The summed E-state index contributed by atoms with van der Waals surface area (Å²) in [5.74, 6) is -1.02. The average molecular weight is 878 g/mol. The van der Waals surface area contributed by atoms with E-state index in [-0.39, 0.29) is 54.2 Å². The standard InChI is InChI=1S/C44H59N7O10S/c1-26(2)36(48-42(56)61-6)40(54)51-25-44(17-20-62(59,60)21-18-44)22-34(51)39(53)46-24-35(52)31-15-11-29(12-16-31)28-9-13-30(14-10-28)32-23-45-38(47-32)33-8-7-19-50(33)41(55)37(27(3)4)49(5)43(57)58/h9-16,23,26-27,33-34,36-37,59-60H,7-8,17-22,24-25H2,1-6H3,(H,45,47)(H,46,53)(H,48,56)(H,57,58)/t33-,34?,36-,37-/m0/s1. The summed E-state index contributed by atoms with van der Waals surface area (Å²) >= 11 is 0. The van der Waals surface area contributed by atoms with E-state index in [1.54, 1.807) is 37.1 Å². The molecule has 6 rings (SSSR count). The molecule has 3 aromatic rings. The van der Waals surface area contributed by atoms with Crippen LogP contribution in [0.1, 0.15) is 82.0 Å². The molecule has 0 radical (unpaired) electrons. The van der Waals surface area contributed by atoms with E-state index in [1.165, 1.54) is 19.1 Å². The minimum atomic E-state index is -2.72. The van der Waals surface area contributed by atoms with E-state index in [9.17, 15) is 43.0 Å². The molecule has 2 aromatic carbocycles. The number of imidazole rings is 1. The lowest BCUT2D eigenvalue weighted by Crippen LogP contribution is -2.55. The molecule has 3 aliphatic heterocycles. The molecule has 6 N–H and O–H groups in total. The number of ether oxygens (including phenoxy) is 1. The highest BCUT2D eigenvalue weighted by Gasteiger charge is 2.52. The predicted octanol–water partition coefficient (Wildman–Crippen LogP) is 5.85. The SMILES string of the molecule is COC(=O)N[C@H](C(=O)N1CC2(CCS(O)(O)CC2)CC1C(=O)NCC(=O)c1ccc(-c2ccc(-c3cnc([C@@H]4CCCN4C(=O)[C@H](C(C)C)N(C)C(=O)O)[nH]3)cc2)cc1)C(C)C. The summed E-state index contributed by atoms with van der Waals surface area (Å²) in [4.78, 5) is 90.8. The first-order valence-corrected chi connectivity index (χ1v) is 22.9. The molecule has 62 heavy (non-hydrogen) atoms. The van der Waals surface area contributed by atoms with Crippen molar-refractivity contribution in [1.82, 2.24) is 35.3 Å². The minimum Gasteiger partial charge on any atom is -0.465 e. The normalized spacial score (nSPS) is 20.7. The predicted molar refractivity (Wildman–Crippen MR) is 233 cm³/mol. The molecule has 0 bridgehead atoms. The van der Waals surface area contributed by atoms with Crippen molar-refractivity contribution in [2.24, 2.45) is 17.3 Å². The van der Waals surface area contributed by atoms with E-state index in [4.69, 9.17) is 4.74 Å². The number of carboxylic acid groups (broad SMARTS) is 1. The third-order valence-corrected chi connectivity index (χ3v) is 14.3. The van der Waals surface area contributed by atoms with Crippen molar-refractivity contribution in [3.8, 4) is 22.4 Å². The molecule has 3 fully saturated rings. The maximum atomic E-state index is 13.9. The van der Waals surface area contributed by atoms with Gasteiger partial charge in [0.2, 0.25) is 17.7 Å². The number of carbonyl (C=O) groups is 6. The number of likely N-dealkylation sites (N-methyl/N-ethyl adjacent to an activating group) is 1. The summed E-state index contributed by atoms with van der Waals surface area (Å²) in [6, 6.07) is 11.9. The summed E-state index contributed by atoms with van der Waals surface area (Å²) in [5.41, 5.74) is 3.30. The molecule has 17 nitrogen and oxygen atoms in total. The second-order valence-corrected chi connectivity index (χ2v) is 19.9. The molecule has 0 saturated carbocycles. The van der Waals surface area contributed by atoms with Gasteiger partial charge in [-0.2, -0.15) is 10.6 Å². The number of amides is 5. The Morgan fingerprint density at radius 2 is 1.53 bits per heavy atom. The zero-order chi connectivity index (χ0) is 45.1. The van der Waals surface area contributed by atoms with Gasteiger partial charge >= 0.3 is 12.2 Å². The number of alkyl carbamates (subject to hydrolysis) is 1. The summed E-state index contributed by atoms with van der Waals surface area (Å²) in [5, 5.41) is 14.9. The first-order valence-electron chi connectivity index (χ1n) is 21.0. The molecule has 5 amide bonds. The summed E-state index contributed by atoms with van der Waals surface area (Å²) in [6.07, 6.45) is 2.44. The molecule has 3 saturated heterocycles. The number of aromatic amines is 1. The lowest BCUT2D eigenvalue weighted by atomic mass is 9.80. The lowest BCUT2D eigenvalue weighted by molar-refractivity contribution is -0.140. The van der Waals surface area contributed by atoms with Crippen LogP contribution in [0.15, 0.2) is 54.7 Å². The van der Waals surface area contributed by atoms with Gasteiger partial charge in [0.25, 0.3) is 0 Å². The van der Waals surface area contributed by atoms with Crippen LogP contribution in [0.4, 0.5) is 9.59 Å². The van der Waals surface area contributed by atoms with Crippen LogP contribution in [0.25, 0.3) is 22.4 Å². The average Bonchev–Trinajstić information content (AvgIpc) is 4.02. The fraction of sp³-hybridized carbons (Fsp3) is 0.523. The number of rotatable bonds is 13. The van der Waals surface area contributed by atoms with Gasteiger partial charge < -0.3 is 35.3 Å². The van der Waals surface area contributed by atoms with Crippen molar-refractivity contribution in [3.05, 3.63) is 66.1 Å². The van der Waals surface area contributed by atoms with Gasteiger partial charge in [-0.05, 0) is 66.0 Å². The van der Waals surface area contributed by atoms with Crippen molar-refractivity contribution >= 4 is 46.3 Å². The molecule has 336 valence electrons. The van der Waals surface area contributed by atoms with Gasteiger partial charge in [0.1, 0.15) is 23.9 Å². The largest absolute Gasteiger partial charge is 0.465 e. The van der Waals surface area contributed by atoms with Crippen molar-refractivity contribution < 1.29 is 47.7 Å². The van der Waals surface area contributed by atoms with Gasteiger partial charge in [0.05, 0.1) is 31.6 Å². The Bertz CT molecular complexity index is 2130. The molecule has 0 aliphatic carbocycles. The molecular formula is C44H59N7O10S. The maximum absolute atomic E-state index is 13.9. The van der Waals surface area contributed by atoms with Crippen LogP contribution in [0, 0.1) is 17.3 Å².